The molecule has 2 rings (SSSR count). The Hall–Kier alpha value is -1.60. The van der Waals surface area contributed by atoms with E-state index < -0.39 is 0 Å². The van der Waals surface area contributed by atoms with Crippen LogP contribution >= 0.6 is 12.2 Å². The van der Waals surface area contributed by atoms with Gasteiger partial charge in [0.05, 0.1) is 5.56 Å². The molecule has 1 N–H and O–H groups in total. The lowest BCUT2D eigenvalue weighted by Gasteiger charge is -2.19. The van der Waals surface area contributed by atoms with E-state index in [1.54, 1.807) is 0 Å². The summed E-state index contributed by atoms with van der Waals surface area (Å²) in [5.41, 5.74) is 4.15. The smallest absolute Gasteiger partial charge is 0.121 e. The van der Waals surface area contributed by atoms with Gasteiger partial charge in [-0.1, -0.05) is 12.2 Å². The van der Waals surface area contributed by atoms with Gasteiger partial charge < -0.3 is 9.88 Å². The van der Waals surface area contributed by atoms with Crippen molar-refractivity contribution >= 4 is 18.3 Å². The Morgan fingerprint density at radius 2 is 1.94 bits per heavy atom. The van der Waals surface area contributed by atoms with Crippen LogP contribution in [0.3, 0.4) is 0 Å². The molecule has 0 saturated carbocycles. The maximum absolute atomic E-state index is 9.22. The second kappa shape index (κ2) is 5.36. The molecule has 0 fully saturated rings. The van der Waals surface area contributed by atoms with E-state index in [9.17, 15) is 5.26 Å². The number of aromatic nitrogens is 1. The molecule has 0 spiro atoms. The van der Waals surface area contributed by atoms with E-state index in [0.717, 1.165) is 30.5 Å². The third-order valence-electron chi connectivity index (χ3n) is 3.22. The van der Waals surface area contributed by atoms with Crippen molar-refractivity contribution in [2.24, 2.45) is 0 Å². The van der Waals surface area contributed by atoms with Gasteiger partial charge in [0.1, 0.15) is 10.7 Å². The van der Waals surface area contributed by atoms with Gasteiger partial charge in [-0.25, -0.2) is 0 Å². The zero-order chi connectivity index (χ0) is 13.1. The van der Waals surface area contributed by atoms with Crippen LogP contribution in [0.2, 0.25) is 0 Å². The van der Waals surface area contributed by atoms with Crippen molar-refractivity contribution < 1.29 is 0 Å². The molecule has 94 valence electrons. The molecule has 0 atom stereocenters. The van der Waals surface area contributed by atoms with Crippen LogP contribution in [-0.2, 0) is 12.8 Å². The van der Waals surface area contributed by atoms with Gasteiger partial charge >= 0.3 is 0 Å². The maximum atomic E-state index is 9.22. The van der Waals surface area contributed by atoms with Crippen LogP contribution in [0.5, 0.6) is 0 Å². The zero-order valence-electron chi connectivity index (χ0n) is 10.8. The molecule has 0 bridgehead atoms. The summed E-state index contributed by atoms with van der Waals surface area (Å²) in [6.07, 6.45) is 8.38. The molecule has 1 aliphatic carbocycles. The van der Waals surface area contributed by atoms with Crippen LogP contribution in [0.1, 0.15) is 35.2 Å². The summed E-state index contributed by atoms with van der Waals surface area (Å²) >= 11 is 5.28. The molecule has 18 heavy (non-hydrogen) atoms. The summed E-state index contributed by atoms with van der Waals surface area (Å²) < 4.78 is 0.566. The molecule has 0 amide bonds. The van der Waals surface area contributed by atoms with Crippen LogP contribution in [0, 0.1) is 16.0 Å². The van der Waals surface area contributed by atoms with E-state index >= 15 is 0 Å². The van der Waals surface area contributed by atoms with Gasteiger partial charge in [0, 0.05) is 26.0 Å². The number of pyridine rings is 1. The van der Waals surface area contributed by atoms with Crippen LogP contribution in [0.4, 0.5) is 0 Å². The topological polar surface area (TPSA) is 42.8 Å². The molecule has 0 aliphatic heterocycles. The van der Waals surface area contributed by atoms with E-state index in [1.807, 2.05) is 31.3 Å². The highest BCUT2D eigenvalue weighted by Gasteiger charge is 2.17. The van der Waals surface area contributed by atoms with Crippen LogP contribution in [-0.4, -0.2) is 24.0 Å². The minimum Gasteiger partial charge on any atom is -0.383 e. The molecular formula is C14H17N3S. The van der Waals surface area contributed by atoms with Gasteiger partial charge in [-0.05, 0) is 42.9 Å². The third-order valence-corrected chi connectivity index (χ3v) is 3.53. The summed E-state index contributed by atoms with van der Waals surface area (Å²) in [5.74, 6) is 0. The number of nitriles is 1. The highest BCUT2D eigenvalue weighted by atomic mass is 32.1. The van der Waals surface area contributed by atoms with Crippen LogP contribution < -0.4 is 0 Å². The molecule has 1 aliphatic rings. The molecular weight excluding hydrogens is 242 g/mol. The van der Waals surface area contributed by atoms with Crippen molar-refractivity contribution in [1.29, 1.82) is 5.26 Å². The van der Waals surface area contributed by atoms with Crippen LogP contribution in [0.25, 0.3) is 6.08 Å². The number of aromatic amines is 1. The summed E-state index contributed by atoms with van der Waals surface area (Å²) in [7, 11) is 3.97. The van der Waals surface area contributed by atoms with Crippen LogP contribution in [0.15, 0.2) is 6.20 Å². The van der Waals surface area contributed by atoms with Crippen molar-refractivity contribution in [2.75, 3.05) is 14.1 Å². The Morgan fingerprint density at radius 1 is 1.28 bits per heavy atom. The number of fused-ring (bicyclic) bond motifs is 1. The van der Waals surface area contributed by atoms with Gasteiger partial charge in [-0.2, -0.15) is 5.26 Å². The van der Waals surface area contributed by atoms with E-state index in [0.29, 0.717) is 10.2 Å². The number of hydrogen-bond acceptors (Lipinski definition) is 3. The van der Waals surface area contributed by atoms with E-state index in [2.05, 4.69) is 11.1 Å². The SMILES string of the molecule is CN(C)/C=C/c1[nH]c(=S)c(C#N)c2c1CCCC2. The van der Waals surface area contributed by atoms with Crippen molar-refractivity contribution in [3.63, 3.8) is 0 Å². The number of nitrogens with one attached hydrogen (secondary N) is 1. The summed E-state index contributed by atoms with van der Waals surface area (Å²) in [4.78, 5) is 5.18. The first-order chi connectivity index (χ1) is 8.63. The lowest BCUT2D eigenvalue weighted by molar-refractivity contribution is 0.567. The highest BCUT2D eigenvalue weighted by molar-refractivity contribution is 7.71. The Kier molecular flexibility index (Phi) is 3.83. The molecule has 1 aromatic rings. The van der Waals surface area contributed by atoms with Gasteiger partial charge in [0.2, 0.25) is 0 Å². The minimum absolute atomic E-state index is 0.566. The molecule has 0 aromatic carbocycles. The Morgan fingerprint density at radius 3 is 2.56 bits per heavy atom. The number of hydrogen-bond donors (Lipinski definition) is 1. The van der Waals surface area contributed by atoms with Gasteiger partial charge in [-0.15, -0.1) is 0 Å². The van der Waals surface area contributed by atoms with E-state index in [-0.39, 0.29) is 0 Å². The zero-order valence-corrected chi connectivity index (χ0v) is 11.6. The van der Waals surface area contributed by atoms with Gasteiger partial charge in [0.15, 0.2) is 0 Å². The number of nitrogens with zero attached hydrogens (tertiary/aromatic N) is 2. The second-order valence-corrected chi connectivity index (χ2v) is 5.21. The summed E-state index contributed by atoms with van der Waals surface area (Å²) in [6, 6.07) is 2.25. The Labute approximate surface area is 113 Å². The fraction of sp³-hybridized carbons (Fsp3) is 0.429. The molecule has 1 aromatic heterocycles. The molecule has 4 heteroatoms. The normalized spacial score (nSPS) is 14.3. The van der Waals surface area contributed by atoms with Gasteiger partial charge in [0.25, 0.3) is 0 Å². The first-order valence-corrected chi connectivity index (χ1v) is 6.57. The maximum Gasteiger partial charge on any atom is 0.121 e. The summed E-state index contributed by atoms with van der Waals surface area (Å²) in [5, 5.41) is 9.22. The number of rotatable bonds is 2. The molecule has 1 heterocycles. The molecule has 0 unspecified atom stereocenters. The minimum atomic E-state index is 0.566. The fourth-order valence-electron chi connectivity index (χ4n) is 2.36. The largest absolute Gasteiger partial charge is 0.383 e. The first-order valence-electron chi connectivity index (χ1n) is 6.16. The van der Waals surface area contributed by atoms with Crippen molar-refractivity contribution in [3.05, 3.63) is 33.2 Å². The lowest BCUT2D eigenvalue weighted by Crippen LogP contribution is -2.10. The molecule has 0 saturated heterocycles. The van der Waals surface area contributed by atoms with Crippen molar-refractivity contribution in [3.8, 4) is 6.07 Å². The highest BCUT2D eigenvalue weighted by Crippen LogP contribution is 2.27. The monoisotopic (exact) mass is 259 g/mol. The number of H-pyrrole nitrogens is 1. The lowest BCUT2D eigenvalue weighted by atomic mass is 9.88. The third kappa shape index (κ3) is 2.46. The predicted molar refractivity (Wildman–Crippen MR) is 75.7 cm³/mol. The standard InChI is InChI=1S/C14H17N3S/c1-17(2)8-7-13-11-6-4-3-5-10(11)12(9-15)14(18)16-13/h7-8H,3-6H2,1-2H3,(H,16,18)/b8-7+. The average Bonchev–Trinajstić information content (AvgIpc) is 2.36. The predicted octanol–water partition coefficient (Wildman–Crippen LogP) is 3.03. The van der Waals surface area contributed by atoms with E-state index in [4.69, 9.17) is 12.2 Å². The Bertz CT molecular complexity index is 576. The second-order valence-electron chi connectivity index (χ2n) is 4.80. The van der Waals surface area contributed by atoms with Gasteiger partial charge in [-0.3, -0.25) is 0 Å². The molecule has 3 nitrogen and oxygen atoms in total. The quantitative estimate of drug-likeness (QED) is 0.830. The average molecular weight is 259 g/mol. The summed E-state index contributed by atoms with van der Waals surface area (Å²) in [6.45, 7) is 0. The molecule has 0 radical (unpaired) electrons. The Balaban J connectivity index is 2.59. The first kappa shape index (κ1) is 12.8. The van der Waals surface area contributed by atoms with Crippen molar-refractivity contribution in [1.82, 2.24) is 9.88 Å². The fourth-order valence-corrected chi connectivity index (χ4v) is 2.64. The van der Waals surface area contributed by atoms with E-state index in [1.165, 1.54) is 12.0 Å². The van der Waals surface area contributed by atoms with Crippen molar-refractivity contribution in [2.45, 2.75) is 25.7 Å².